The smallest absolute Gasteiger partial charge is 0.411 e. The zero-order valence-electron chi connectivity index (χ0n) is 14.9. The van der Waals surface area contributed by atoms with Crippen molar-refractivity contribution >= 4 is 27.3 Å². The quantitative estimate of drug-likeness (QED) is 0.399. The average Bonchev–Trinajstić information content (AvgIpc) is 2.94. The molecule has 1 N–H and O–H groups in total. The second-order valence-electron chi connectivity index (χ2n) is 6.34. The first kappa shape index (κ1) is 18.6. The van der Waals surface area contributed by atoms with Gasteiger partial charge in [-0.25, -0.2) is 13.2 Å². The molecule has 0 aromatic heterocycles. The molecule has 0 atom stereocenters. The van der Waals surface area contributed by atoms with Crippen LogP contribution >= 0.6 is 0 Å². The number of benzene rings is 3. The van der Waals surface area contributed by atoms with Crippen molar-refractivity contribution in [3.63, 3.8) is 0 Å². The van der Waals surface area contributed by atoms with Gasteiger partial charge in [0.25, 0.3) is 5.69 Å². The van der Waals surface area contributed by atoms with Gasteiger partial charge in [0.2, 0.25) is 9.84 Å². The van der Waals surface area contributed by atoms with Crippen molar-refractivity contribution in [1.29, 1.82) is 0 Å². The molecule has 3 aromatic carbocycles. The summed E-state index contributed by atoms with van der Waals surface area (Å²) in [4.78, 5) is 22.7. The molecule has 0 saturated heterocycles. The normalized spacial score (nSPS) is 13.2. The highest BCUT2D eigenvalue weighted by Gasteiger charge is 2.32. The number of anilines is 1. The van der Waals surface area contributed by atoms with E-state index >= 15 is 0 Å². The molecule has 1 aliphatic heterocycles. The van der Waals surface area contributed by atoms with Crippen LogP contribution in [0.25, 0.3) is 11.1 Å². The summed E-state index contributed by atoms with van der Waals surface area (Å²) in [5.74, 6) is 0. The zero-order valence-corrected chi connectivity index (χ0v) is 15.7. The zero-order chi connectivity index (χ0) is 20.6. The Bertz CT molecular complexity index is 1240. The number of ether oxygens (including phenoxy) is 1. The molecule has 1 aliphatic rings. The van der Waals surface area contributed by atoms with Crippen LogP contribution in [0.5, 0.6) is 0 Å². The van der Waals surface area contributed by atoms with Crippen molar-refractivity contribution in [2.45, 2.75) is 16.4 Å². The number of fused-ring (bicyclic) bond motifs is 3. The molecule has 1 heterocycles. The van der Waals surface area contributed by atoms with E-state index in [1.165, 1.54) is 36.4 Å². The molecule has 0 radical (unpaired) electrons. The predicted molar refractivity (Wildman–Crippen MR) is 104 cm³/mol. The summed E-state index contributed by atoms with van der Waals surface area (Å²) in [6, 6.07) is 16.9. The molecule has 9 heteroatoms. The maximum atomic E-state index is 12.6. The van der Waals surface area contributed by atoms with E-state index in [-0.39, 0.29) is 22.1 Å². The SMILES string of the molecule is O=C(Nc1ccc2c(c1)-c1ccccc1S2(=O)=O)OCc1ccc([N+](=O)[O-])cc1. The Balaban J connectivity index is 1.47. The average molecular weight is 410 g/mol. The first-order valence-electron chi connectivity index (χ1n) is 8.52. The lowest BCUT2D eigenvalue weighted by molar-refractivity contribution is -0.384. The van der Waals surface area contributed by atoms with Crippen LogP contribution in [0.3, 0.4) is 0 Å². The van der Waals surface area contributed by atoms with Crippen LogP contribution < -0.4 is 5.32 Å². The minimum absolute atomic E-state index is 0.0495. The molecule has 29 heavy (non-hydrogen) atoms. The minimum atomic E-state index is -3.56. The van der Waals surface area contributed by atoms with Gasteiger partial charge in [-0.3, -0.25) is 15.4 Å². The molecule has 0 spiro atoms. The standard InChI is InChI=1S/C20H14N2O6S/c23-20(28-12-13-5-8-15(9-6-13)22(24)25)21-14-7-10-19-17(11-14)16-3-1-2-4-18(16)29(19,26)27/h1-11H,12H2,(H,21,23). The van der Waals surface area contributed by atoms with E-state index in [0.29, 0.717) is 22.4 Å². The third-order valence-electron chi connectivity index (χ3n) is 4.50. The Hall–Kier alpha value is -3.72. The van der Waals surface area contributed by atoms with E-state index in [2.05, 4.69) is 5.32 Å². The summed E-state index contributed by atoms with van der Waals surface area (Å²) in [5, 5.41) is 13.2. The Morgan fingerprint density at radius 3 is 2.38 bits per heavy atom. The number of nitrogens with one attached hydrogen (secondary N) is 1. The third kappa shape index (κ3) is 3.43. The lowest BCUT2D eigenvalue weighted by Crippen LogP contribution is -2.13. The van der Waals surface area contributed by atoms with Crippen molar-refractivity contribution in [3.05, 3.63) is 82.4 Å². The fourth-order valence-electron chi connectivity index (χ4n) is 3.11. The van der Waals surface area contributed by atoms with E-state index in [1.54, 1.807) is 30.3 Å². The van der Waals surface area contributed by atoms with Gasteiger partial charge in [0, 0.05) is 28.9 Å². The molecule has 146 valence electrons. The molecule has 3 aromatic rings. The van der Waals surface area contributed by atoms with Gasteiger partial charge in [0.1, 0.15) is 6.61 Å². The largest absolute Gasteiger partial charge is 0.444 e. The fraction of sp³-hybridized carbons (Fsp3) is 0.0500. The van der Waals surface area contributed by atoms with Crippen molar-refractivity contribution < 1.29 is 22.9 Å². The summed E-state index contributed by atoms with van der Waals surface area (Å²) in [6.45, 7) is -0.0635. The Labute approximate surface area is 165 Å². The number of rotatable bonds is 4. The predicted octanol–water partition coefficient (Wildman–Crippen LogP) is 4.16. The lowest BCUT2D eigenvalue weighted by Gasteiger charge is -2.08. The third-order valence-corrected chi connectivity index (χ3v) is 6.37. The van der Waals surface area contributed by atoms with Gasteiger partial charge in [0.15, 0.2) is 0 Å². The molecular weight excluding hydrogens is 396 g/mol. The second kappa shape index (κ2) is 7.02. The minimum Gasteiger partial charge on any atom is -0.444 e. The molecule has 0 fully saturated rings. The maximum absolute atomic E-state index is 12.6. The molecular formula is C20H14N2O6S. The monoisotopic (exact) mass is 410 g/mol. The molecule has 0 saturated carbocycles. The van der Waals surface area contributed by atoms with Crippen LogP contribution in [0, 0.1) is 10.1 Å². The molecule has 0 aliphatic carbocycles. The number of nitrogens with zero attached hydrogens (tertiary/aromatic N) is 1. The van der Waals surface area contributed by atoms with Crippen molar-refractivity contribution in [2.75, 3.05) is 5.32 Å². The van der Waals surface area contributed by atoms with Crippen molar-refractivity contribution in [3.8, 4) is 11.1 Å². The Morgan fingerprint density at radius 2 is 1.66 bits per heavy atom. The summed E-state index contributed by atoms with van der Waals surface area (Å²) in [5.41, 5.74) is 2.05. The number of hydrogen-bond donors (Lipinski definition) is 1. The van der Waals surface area contributed by atoms with Gasteiger partial charge in [-0.2, -0.15) is 0 Å². The van der Waals surface area contributed by atoms with E-state index < -0.39 is 20.9 Å². The van der Waals surface area contributed by atoms with Gasteiger partial charge < -0.3 is 4.74 Å². The highest BCUT2D eigenvalue weighted by Crippen LogP contribution is 2.43. The topological polar surface area (TPSA) is 116 Å². The molecule has 4 rings (SSSR count). The fourth-order valence-corrected chi connectivity index (χ4v) is 4.78. The van der Waals surface area contributed by atoms with Crippen LogP contribution in [-0.2, 0) is 21.2 Å². The number of nitro groups is 1. The van der Waals surface area contributed by atoms with Gasteiger partial charge in [0.05, 0.1) is 14.7 Å². The number of amides is 1. The van der Waals surface area contributed by atoms with Crippen LogP contribution in [0.2, 0.25) is 0 Å². The highest BCUT2D eigenvalue weighted by molar-refractivity contribution is 7.92. The van der Waals surface area contributed by atoms with Crippen LogP contribution in [-0.4, -0.2) is 19.4 Å². The van der Waals surface area contributed by atoms with Gasteiger partial charge >= 0.3 is 6.09 Å². The molecule has 1 amide bonds. The van der Waals surface area contributed by atoms with Crippen LogP contribution in [0.4, 0.5) is 16.2 Å². The molecule has 0 bridgehead atoms. The van der Waals surface area contributed by atoms with Gasteiger partial charge in [-0.1, -0.05) is 18.2 Å². The van der Waals surface area contributed by atoms with Crippen molar-refractivity contribution in [1.82, 2.24) is 0 Å². The maximum Gasteiger partial charge on any atom is 0.411 e. The van der Waals surface area contributed by atoms with E-state index in [4.69, 9.17) is 4.74 Å². The van der Waals surface area contributed by atoms with E-state index in [9.17, 15) is 23.3 Å². The Kier molecular flexibility index (Phi) is 4.51. The number of carbonyl (C=O) groups excluding carboxylic acids is 1. The summed E-state index contributed by atoms with van der Waals surface area (Å²) < 4.78 is 30.3. The lowest BCUT2D eigenvalue weighted by atomic mass is 10.1. The first-order chi connectivity index (χ1) is 13.9. The molecule has 8 nitrogen and oxygen atoms in total. The second-order valence-corrected chi connectivity index (χ2v) is 8.22. The van der Waals surface area contributed by atoms with Crippen molar-refractivity contribution in [2.24, 2.45) is 0 Å². The molecule has 0 unspecified atom stereocenters. The van der Waals surface area contributed by atoms with Gasteiger partial charge in [-0.15, -0.1) is 0 Å². The summed E-state index contributed by atoms with van der Waals surface area (Å²) in [7, 11) is -3.56. The number of nitro benzene ring substituents is 1. The number of carbonyl (C=O) groups is 1. The summed E-state index contributed by atoms with van der Waals surface area (Å²) in [6.07, 6.45) is -0.725. The van der Waals surface area contributed by atoms with E-state index in [1.807, 2.05) is 0 Å². The first-order valence-corrected chi connectivity index (χ1v) is 10.0. The highest BCUT2D eigenvalue weighted by atomic mass is 32.2. The summed E-state index contributed by atoms with van der Waals surface area (Å²) >= 11 is 0. The number of hydrogen-bond acceptors (Lipinski definition) is 6. The number of sulfone groups is 1. The van der Waals surface area contributed by atoms with Crippen LogP contribution in [0.1, 0.15) is 5.56 Å². The van der Waals surface area contributed by atoms with Gasteiger partial charge in [-0.05, 0) is 42.0 Å². The Morgan fingerprint density at radius 1 is 0.966 bits per heavy atom. The van der Waals surface area contributed by atoms with Crippen LogP contribution in [0.15, 0.2) is 76.5 Å². The number of non-ortho nitro benzene ring substituents is 1. The van der Waals surface area contributed by atoms with E-state index in [0.717, 1.165) is 0 Å².